The molecule has 2 aromatic carbocycles. The Kier molecular flexibility index (Phi) is 4.66. The minimum atomic E-state index is -0.556. The van der Waals surface area contributed by atoms with Gasteiger partial charge in [-0.1, -0.05) is 28.1 Å². The molecular weight excluding hydrogens is 312 g/mol. The number of hydrogen-bond donors (Lipinski definition) is 1. The number of hydrogen-bond acceptors (Lipinski definition) is 1. The molecule has 0 bridgehead atoms. The molecule has 0 saturated heterocycles. The Morgan fingerprint density at radius 2 is 1.74 bits per heavy atom. The molecule has 0 aliphatic carbocycles. The first-order valence-corrected chi connectivity index (χ1v) is 6.78. The quantitative estimate of drug-likeness (QED) is 0.903. The van der Waals surface area contributed by atoms with E-state index in [0.29, 0.717) is 18.5 Å². The fourth-order valence-electron chi connectivity index (χ4n) is 2.11. The fourth-order valence-corrected chi connectivity index (χ4v) is 2.53. The van der Waals surface area contributed by atoms with E-state index >= 15 is 0 Å². The van der Waals surface area contributed by atoms with Crippen molar-refractivity contribution in [3.05, 3.63) is 69.7 Å². The zero-order valence-electron chi connectivity index (χ0n) is 10.2. The van der Waals surface area contributed by atoms with E-state index in [1.165, 1.54) is 12.1 Å². The van der Waals surface area contributed by atoms with E-state index in [4.69, 9.17) is 5.73 Å². The predicted octanol–water partition coefficient (Wildman–Crippen LogP) is 4.01. The second kappa shape index (κ2) is 6.26. The maximum atomic E-state index is 13.2. The van der Waals surface area contributed by atoms with Gasteiger partial charge in [0.1, 0.15) is 11.6 Å². The van der Waals surface area contributed by atoms with Crippen molar-refractivity contribution in [3.8, 4) is 0 Å². The average molecular weight is 326 g/mol. The van der Waals surface area contributed by atoms with E-state index in [2.05, 4.69) is 15.9 Å². The van der Waals surface area contributed by atoms with Crippen molar-refractivity contribution < 1.29 is 8.78 Å². The van der Waals surface area contributed by atoms with Crippen molar-refractivity contribution in [1.29, 1.82) is 0 Å². The Balaban J connectivity index is 2.23. The molecule has 0 radical (unpaired) electrons. The van der Waals surface area contributed by atoms with E-state index < -0.39 is 11.6 Å². The second-order valence-electron chi connectivity index (χ2n) is 4.47. The molecule has 4 heteroatoms. The molecule has 0 aliphatic rings. The number of rotatable bonds is 4. The van der Waals surface area contributed by atoms with Crippen molar-refractivity contribution in [3.63, 3.8) is 0 Å². The lowest BCUT2D eigenvalue weighted by Gasteiger charge is -2.16. The van der Waals surface area contributed by atoms with E-state index in [0.717, 1.165) is 16.1 Å². The summed E-state index contributed by atoms with van der Waals surface area (Å²) in [5, 5.41) is 0. The molecule has 0 aromatic heterocycles. The number of halogens is 3. The normalized spacial score (nSPS) is 12.4. The summed E-state index contributed by atoms with van der Waals surface area (Å²) in [6.45, 7) is 0.425. The molecule has 0 spiro atoms. The smallest absolute Gasteiger partial charge is 0.126 e. The minimum absolute atomic E-state index is 0.0405. The van der Waals surface area contributed by atoms with Gasteiger partial charge in [-0.25, -0.2) is 8.78 Å². The number of nitrogens with two attached hydrogens (primary N) is 1. The zero-order chi connectivity index (χ0) is 13.8. The topological polar surface area (TPSA) is 26.0 Å². The lowest BCUT2D eigenvalue weighted by Crippen LogP contribution is -2.15. The first kappa shape index (κ1) is 14.2. The molecule has 2 rings (SSSR count). The van der Waals surface area contributed by atoms with Crippen LogP contribution in [0.1, 0.15) is 17.0 Å². The van der Waals surface area contributed by atoms with Crippen LogP contribution in [0.15, 0.2) is 46.9 Å². The monoisotopic (exact) mass is 325 g/mol. The summed E-state index contributed by atoms with van der Waals surface area (Å²) in [4.78, 5) is 0. The van der Waals surface area contributed by atoms with Crippen LogP contribution in [0, 0.1) is 11.6 Å². The van der Waals surface area contributed by atoms with Gasteiger partial charge in [-0.05, 0) is 48.4 Å². The Hall–Kier alpha value is -1.26. The van der Waals surface area contributed by atoms with E-state index in [1.807, 2.05) is 24.3 Å². The van der Waals surface area contributed by atoms with Crippen LogP contribution in [0.3, 0.4) is 0 Å². The van der Waals surface area contributed by atoms with E-state index in [9.17, 15) is 8.78 Å². The van der Waals surface area contributed by atoms with Crippen LogP contribution in [0.25, 0.3) is 0 Å². The molecule has 1 unspecified atom stereocenters. The van der Waals surface area contributed by atoms with Gasteiger partial charge in [0.2, 0.25) is 0 Å². The Labute approximate surface area is 119 Å². The Morgan fingerprint density at radius 1 is 1.05 bits per heavy atom. The SMILES string of the molecule is NCC(Cc1cc(F)cc(F)c1)c1cccc(Br)c1. The van der Waals surface area contributed by atoms with E-state index in [1.54, 1.807) is 0 Å². The number of benzene rings is 2. The zero-order valence-corrected chi connectivity index (χ0v) is 11.8. The van der Waals surface area contributed by atoms with Gasteiger partial charge in [-0.3, -0.25) is 0 Å². The second-order valence-corrected chi connectivity index (χ2v) is 5.39. The van der Waals surface area contributed by atoms with Gasteiger partial charge in [0.15, 0.2) is 0 Å². The highest BCUT2D eigenvalue weighted by Gasteiger charge is 2.12. The molecular formula is C15H14BrF2N. The summed E-state index contributed by atoms with van der Waals surface area (Å²) >= 11 is 3.41. The van der Waals surface area contributed by atoms with Crippen LogP contribution in [-0.2, 0) is 6.42 Å². The van der Waals surface area contributed by atoms with Crippen LogP contribution in [-0.4, -0.2) is 6.54 Å². The molecule has 0 fully saturated rings. The summed E-state index contributed by atoms with van der Waals surface area (Å²) < 4.78 is 27.3. The van der Waals surface area contributed by atoms with Gasteiger partial charge in [0.05, 0.1) is 0 Å². The third-order valence-electron chi connectivity index (χ3n) is 3.01. The van der Waals surface area contributed by atoms with Crippen LogP contribution in [0.2, 0.25) is 0 Å². The van der Waals surface area contributed by atoms with Gasteiger partial charge < -0.3 is 5.73 Å². The molecule has 19 heavy (non-hydrogen) atoms. The Morgan fingerprint density at radius 3 is 2.32 bits per heavy atom. The highest BCUT2D eigenvalue weighted by molar-refractivity contribution is 9.10. The molecule has 0 amide bonds. The van der Waals surface area contributed by atoms with Crippen LogP contribution in [0.4, 0.5) is 8.78 Å². The van der Waals surface area contributed by atoms with Crippen molar-refractivity contribution in [2.24, 2.45) is 5.73 Å². The van der Waals surface area contributed by atoms with Crippen molar-refractivity contribution >= 4 is 15.9 Å². The van der Waals surface area contributed by atoms with Gasteiger partial charge in [0, 0.05) is 16.5 Å². The standard InChI is InChI=1S/C15H14BrF2N/c16-13-3-1-2-11(7-13)12(9-19)4-10-5-14(17)8-15(18)6-10/h1-3,5-8,12H,4,9,19H2. The molecule has 0 heterocycles. The van der Waals surface area contributed by atoms with Gasteiger partial charge in [0.25, 0.3) is 0 Å². The van der Waals surface area contributed by atoms with E-state index in [-0.39, 0.29) is 5.92 Å². The third kappa shape index (κ3) is 3.85. The largest absolute Gasteiger partial charge is 0.330 e. The van der Waals surface area contributed by atoms with Crippen molar-refractivity contribution in [2.75, 3.05) is 6.54 Å². The van der Waals surface area contributed by atoms with Crippen molar-refractivity contribution in [1.82, 2.24) is 0 Å². The molecule has 1 atom stereocenters. The lowest BCUT2D eigenvalue weighted by molar-refractivity contribution is 0.575. The predicted molar refractivity (Wildman–Crippen MR) is 76.0 cm³/mol. The molecule has 100 valence electrons. The summed E-state index contributed by atoms with van der Waals surface area (Å²) in [7, 11) is 0. The van der Waals surface area contributed by atoms with Gasteiger partial charge >= 0.3 is 0 Å². The summed E-state index contributed by atoms with van der Waals surface area (Å²) in [6.07, 6.45) is 0.516. The fraction of sp³-hybridized carbons (Fsp3) is 0.200. The lowest BCUT2D eigenvalue weighted by atomic mass is 9.92. The summed E-state index contributed by atoms with van der Waals surface area (Å²) in [5.74, 6) is -1.07. The third-order valence-corrected chi connectivity index (χ3v) is 3.50. The highest BCUT2D eigenvalue weighted by atomic mass is 79.9. The maximum Gasteiger partial charge on any atom is 0.126 e. The van der Waals surface area contributed by atoms with Gasteiger partial charge in [-0.15, -0.1) is 0 Å². The minimum Gasteiger partial charge on any atom is -0.330 e. The first-order chi connectivity index (χ1) is 9.08. The van der Waals surface area contributed by atoms with Crippen LogP contribution < -0.4 is 5.73 Å². The first-order valence-electron chi connectivity index (χ1n) is 5.99. The van der Waals surface area contributed by atoms with Crippen LogP contribution in [0.5, 0.6) is 0 Å². The summed E-state index contributed by atoms with van der Waals surface area (Å²) in [5.41, 5.74) is 7.45. The molecule has 1 nitrogen and oxygen atoms in total. The highest BCUT2D eigenvalue weighted by Crippen LogP contribution is 2.23. The molecule has 2 aromatic rings. The maximum absolute atomic E-state index is 13.2. The molecule has 2 N–H and O–H groups in total. The molecule has 0 aliphatic heterocycles. The Bertz CT molecular complexity index is 552. The molecule has 0 saturated carbocycles. The average Bonchev–Trinajstić information content (AvgIpc) is 2.34. The van der Waals surface area contributed by atoms with Crippen LogP contribution >= 0.6 is 15.9 Å². The summed E-state index contributed by atoms with van der Waals surface area (Å²) in [6, 6.07) is 11.4. The van der Waals surface area contributed by atoms with Crippen molar-refractivity contribution in [2.45, 2.75) is 12.3 Å². The van der Waals surface area contributed by atoms with Gasteiger partial charge in [-0.2, -0.15) is 0 Å².